The van der Waals surface area contributed by atoms with Crippen molar-refractivity contribution in [2.45, 2.75) is 52.6 Å². The average Bonchev–Trinajstić information content (AvgIpc) is 2.72. The Morgan fingerprint density at radius 2 is 1.86 bits per heavy atom. The fourth-order valence-corrected chi connectivity index (χ4v) is 1.63. The third kappa shape index (κ3) is 3.96. The van der Waals surface area contributed by atoms with Crippen molar-refractivity contribution in [3.05, 3.63) is 11.8 Å². The second-order valence-electron chi connectivity index (χ2n) is 6.16. The lowest BCUT2D eigenvalue weighted by molar-refractivity contribution is -0.159. The van der Waals surface area contributed by atoms with Crippen molar-refractivity contribution in [1.29, 1.82) is 0 Å². The molecular weight excluding hydrogens is 276 g/mol. The highest BCUT2D eigenvalue weighted by atomic mass is 16.6. The van der Waals surface area contributed by atoms with Gasteiger partial charge in [0, 0.05) is 11.8 Å². The van der Waals surface area contributed by atoms with Crippen LogP contribution in [0.2, 0.25) is 0 Å². The highest BCUT2D eigenvalue weighted by molar-refractivity contribution is 5.79. The summed E-state index contributed by atoms with van der Waals surface area (Å²) in [6, 6.07) is 0. The Morgan fingerprint density at radius 3 is 2.29 bits per heavy atom. The zero-order valence-electron chi connectivity index (χ0n) is 13.3. The maximum Gasteiger partial charge on any atom is 0.432 e. The lowest BCUT2D eigenvalue weighted by Gasteiger charge is -2.25. The van der Waals surface area contributed by atoms with Crippen LogP contribution < -0.4 is 4.74 Å². The maximum atomic E-state index is 11.9. The summed E-state index contributed by atoms with van der Waals surface area (Å²) in [5.41, 5.74) is -1.04. The number of esters is 1. The van der Waals surface area contributed by atoms with Gasteiger partial charge in [-0.15, -0.1) is 5.10 Å². The van der Waals surface area contributed by atoms with Gasteiger partial charge in [-0.05, 0) is 26.2 Å². The largest absolute Gasteiger partial charge is 0.463 e. The first-order valence-corrected chi connectivity index (χ1v) is 6.68. The van der Waals surface area contributed by atoms with E-state index in [1.165, 1.54) is 6.20 Å². The smallest absolute Gasteiger partial charge is 0.432 e. The molecule has 0 aliphatic carbocycles. The number of carbonyl (C=O) groups excluding carboxylic acids is 1. The second kappa shape index (κ2) is 5.75. The predicted octanol–water partition coefficient (Wildman–Crippen LogP) is 2.43. The van der Waals surface area contributed by atoms with Crippen LogP contribution in [0.5, 0.6) is 5.88 Å². The molecule has 0 amide bonds. The quantitative estimate of drug-likeness (QED) is 0.858. The molecule has 118 valence electrons. The minimum Gasteiger partial charge on any atom is -0.463 e. The third-order valence-corrected chi connectivity index (χ3v) is 2.80. The summed E-state index contributed by atoms with van der Waals surface area (Å²) < 4.78 is 11.4. The molecule has 0 bridgehead atoms. The number of carbonyl (C=O) groups is 2. The molecule has 0 atom stereocenters. The number of nitrogens with zero attached hydrogens (tertiary/aromatic N) is 2. The summed E-state index contributed by atoms with van der Waals surface area (Å²) in [7, 11) is 0. The van der Waals surface area contributed by atoms with Crippen molar-refractivity contribution < 1.29 is 24.2 Å². The summed E-state index contributed by atoms with van der Waals surface area (Å²) in [5.74, 6) is -0.419. The molecule has 0 radical (unpaired) electrons. The van der Waals surface area contributed by atoms with E-state index in [0.717, 1.165) is 4.68 Å². The van der Waals surface area contributed by atoms with Gasteiger partial charge in [0.1, 0.15) is 0 Å². The van der Waals surface area contributed by atoms with E-state index in [1.807, 2.05) is 20.8 Å². The molecule has 0 fully saturated rings. The number of ether oxygens (including phenoxy) is 2. The molecule has 0 saturated carbocycles. The van der Waals surface area contributed by atoms with Crippen LogP contribution in [-0.4, -0.2) is 39.2 Å². The fraction of sp³-hybridized carbons (Fsp3) is 0.643. The average molecular weight is 298 g/mol. The van der Waals surface area contributed by atoms with E-state index in [-0.39, 0.29) is 17.9 Å². The fourth-order valence-electron chi connectivity index (χ4n) is 1.63. The molecule has 0 aliphatic rings. The molecule has 0 aliphatic heterocycles. The molecule has 0 unspecified atom stereocenters. The topological polar surface area (TPSA) is 90.7 Å². The molecule has 0 saturated heterocycles. The van der Waals surface area contributed by atoms with Gasteiger partial charge >= 0.3 is 12.1 Å². The summed E-state index contributed by atoms with van der Waals surface area (Å²) in [4.78, 5) is 22.9. The van der Waals surface area contributed by atoms with Crippen molar-refractivity contribution in [3.63, 3.8) is 0 Å². The van der Waals surface area contributed by atoms with Crippen molar-refractivity contribution in [2.75, 3.05) is 6.61 Å². The van der Waals surface area contributed by atoms with Crippen molar-refractivity contribution in [2.24, 2.45) is 0 Å². The van der Waals surface area contributed by atoms with Crippen LogP contribution >= 0.6 is 0 Å². The highest BCUT2D eigenvalue weighted by Gasteiger charge is 2.35. The zero-order valence-corrected chi connectivity index (χ0v) is 13.3. The van der Waals surface area contributed by atoms with Gasteiger partial charge in [0.25, 0.3) is 0 Å². The second-order valence-corrected chi connectivity index (χ2v) is 6.16. The van der Waals surface area contributed by atoms with Gasteiger partial charge in [0.15, 0.2) is 0 Å². The molecule has 21 heavy (non-hydrogen) atoms. The molecular formula is C14H22N2O5. The Balaban J connectivity index is 3.18. The number of rotatable bonds is 4. The molecule has 1 aromatic heterocycles. The van der Waals surface area contributed by atoms with Crippen molar-refractivity contribution in [3.8, 4) is 5.88 Å². The van der Waals surface area contributed by atoms with Crippen LogP contribution in [0.4, 0.5) is 4.79 Å². The molecule has 1 aromatic rings. The van der Waals surface area contributed by atoms with E-state index in [9.17, 15) is 9.59 Å². The van der Waals surface area contributed by atoms with Gasteiger partial charge in [0.05, 0.1) is 6.61 Å². The van der Waals surface area contributed by atoms with Crippen LogP contribution in [0.1, 0.15) is 47.1 Å². The van der Waals surface area contributed by atoms with Crippen LogP contribution in [0.25, 0.3) is 0 Å². The Bertz CT molecular complexity index is 540. The van der Waals surface area contributed by atoms with E-state index in [1.54, 1.807) is 20.8 Å². The molecule has 7 nitrogen and oxygen atoms in total. The number of hydrogen-bond acceptors (Lipinski definition) is 5. The minimum atomic E-state index is -1.26. The molecule has 1 heterocycles. The summed E-state index contributed by atoms with van der Waals surface area (Å²) in [5, 5.41) is 12.9. The zero-order chi connectivity index (χ0) is 16.4. The molecule has 7 heteroatoms. The number of hydrogen-bond donors (Lipinski definition) is 1. The third-order valence-electron chi connectivity index (χ3n) is 2.80. The summed E-state index contributed by atoms with van der Waals surface area (Å²) in [6.07, 6.45) is 0.170. The van der Waals surface area contributed by atoms with Crippen LogP contribution in [0.15, 0.2) is 6.20 Å². The minimum absolute atomic E-state index is 0.114. The van der Waals surface area contributed by atoms with Gasteiger partial charge in [-0.25, -0.2) is 9.59 Å². The Labute approximate surface area is 123 Å². The Kier molecular flexibility index (Phi) is 4.65. The molecule has 0 spiro atoms. The van der Waals surface area contributed by atoms with E-state index >= 15 is 0 Å². The van der Waals surface area contributed by atoms with Crippen molar-refractivity contribution >= 4 is 12.1 Å². The van der Waals surface area contributed by atoms with Gasteiger partial charge in [-0.1, -0.05) is 20.8 Å². The molecule has 0 aromatic carbocycles. The van der Waals surface area contributed by atoms with E-state index in [0.29, 0.717) is 5.56 Å². The van der Waals surface area contributed by atoms with Gasteiger partial charge in [-0.2, -0.15) is 4.68 Å². The first kappa shape index (κ1) is 17.0. The first-order chi connectivity index (χ1) is 9.49. The monoisotopic (exact) mass is 298 g/mol. The Hall–Kier alpha value is -2.05. The summed E-state index contributed by atoms with van der Waals surface area (Å²) >= 11 is 0. The van der Waals surface area contributed by atoms with Crippen LogP contribution in [0.3, 0.4) is 0 Å². The van der Waals surface area contributed by atoms with Crippen LogP contribution in [-0.2, 0) is 14.9 Å². The lowest BCUT2D eigenvalue weighted by atomic mass is 9.89. The van der Waals surface area contributed by atoms with E-state index < -0.39 is 17.7 Å². The van der Waals surface area contributed by atoms with Crippen LogP contribution in [0, 0.1) is 0 Å². The van der Waals surface area contributed by atoms with Gasteiger partial charge < -0.3 is 14.6 Å². The standard InChI is InChI=1S/C14H22N2O5/c1-7-20-11(17)14(5,6)21-10-9(13(2,3)4)8-16(15-10)12(18)19/h8H,7H2,1-6H3,(H,18,19). The SMILES string of the molecule is CCOC(=O)C(C)(C)Oc1nn(C(=O)O)cc1C(C)(C)C. The van der Waals surface area contributed by atoms with E-state index in [2.05, 4.69) is 5.10 Å². The molecule has 1 rings (SSSR count). The Morgan fingerprint density at radius 1 is 1.29 bits per heavy atom. The summed E-state index contributed by atoms with van der Waals surface area (Å²) in [6.45, 7) is 10.8. The predicted molar refractivity (Wildman–Crippen MR) is 75.7 cm³/mol. The molecule has 1 N–H and O–H groups in total. The number of carboxylic acid groups (broad SMARTS) is 1. The van der Waals surface area contributed by atoms with Crippen molar-refractivity contribution in [1.82, 2.24) is 9.78 Å². The normalized spacial score (nSPS) is 12.1. The van der Waals surface area contributed by atoms with Gasteiger partial charge in [0.2, 0.25) is 11.5 Å². The highest BCUT2D eigenvalue weighted by Crippen LogP contribution is 2.32. The van der Waals surface area contributed by atoms with E-state index in [4.69, 9.17) is 14.6 Å². The number of aromatic nitrogens is 2. The maximum absolute atomic E-state index is 11.9. The van der Waals surface area contributed by atoms with Gasteiger partial charge in [-0.3, -0.25) is 0 Å². The lowest BCUT2D eigenvalue weighted by Crippen LogP contribution is -2.40. The first-order valence-electron chi connectivity index (χ1n) is 6.68.